The molecular weight excluding hydrogens is 212 g/mol. The van der Waals surface area contributed by atoms with Gasteiger partial charge in [-0.25, -0.2) is 0 Å². The van der Waals surface area contributed by atoms with E-state index >= 15 is 0 Å². The lowest BCUT2D eigenvalue weighted by Crippen LogP contribution is -2.33. The molecule has 92 valence electrons. The second-order valence-corrected chi connectivity index (χ2v) is 5.40. The van der Waals surface area contributed by atoms with Gasteiger partial charge >= 0.3 is 0 Å². The zero-order valence-corrected chi connectivity index (χ0v) is 10.3. The molecule has 0 amide bonds. The zero-order chi connectivity index (χ0) is 11.8. The van der Waals surface area contributed by atoms with Crippen LogP contribution in [0, 0.1) is 5.92 Å². The van der Waals surface area contributed by atoms with Crippen LogP contribution in [0.25, 0.3) is 0 Å². The number of nitrogens with one attached hydrogen (secondary N) is 1. The number of hydrogen-bond donors (Lipinski definition) is 2. The van der Waals surface area contributed by atoms with Gasteiger partial charge in [0.15, 0.2) is 0 Å². The molecule has 1 atom stereocenters. The Labute approximate surface area is 102 Å². The van der Waals surface area contributed by atoms with Gasteiger partial charge in [-0.15, -0.1) is 0 Å². The Kier molecular flexibility index (Phi) is 2.71. The number of likely N-dealkylation sites (tertiary alicyclic amines) is 1. The summed E-state index contributed by atoms with van der Waals surface area (Å²) in [4.78, 5) is 2.41. The highest BCUT2D eigenvalue weighted by atomic mass is 16.3. The Balaban J connectivity index is 1.79. The first-order valence-electron chi connectivity index (χ1n) is 6.49. The van der Waals surface area contributed by atoms with Crippen LogP contribution in [0.3, 0.4) is 0 Å². The van der Waals surface area contributed by atoms with Crippen molar-refractivity contribution >= 4 is 5.69 Å². The van der Waals surface area contributed by atoms with Gasteiger partial charge in [0, 0.05) is 24.2 Å². The molecule has 2 N–H and O–H groups in total. The Morgan fingerprint density at radius 3 is 2.82 bits per heavy atom. The van der Waals surface area contributed by atoms with Crippen molar-refractivity contribution in [3.05, 3.63) is 23.8 Å². The number of phenols is 1. The fourth-order valence-corrected chi connectivity index (χ4v) is 3.20. The quantitative estimate of drug-likeness (QED) is 0.779. The molecule has 0 bridgehead atoms. The molecule has 0 radical (unpaired) electrons. The van der Waals surface area contributed by atoms with Crippen LogP contribution >= 0.6 is 0 Å². The maximum atomic E-state index is 9.48. The van der Waals surface area contributed by atoms with E-state index < -0.39 is 0 Å². The summed E-state index contributed by atoms with van der Waals surface area (Å²) < 4.78 is 0. The molecule has 0 spiro atoms. The van der Waals surface area contributed by atoms with E-state index in [0.717, 1.165) is 18.2 Å². The van der Waals surface area contributed by atoms with Crippen molar-refractivity contribution in [2.24, 2.45) is 5.92 Å². The van der Waals surface area contributed by atoms with Gasteiger partial charge in [0.25, 0.3) is 0 Å². The van der Waals surface area contributed by atoms with Crippen molar-refractivity contribution in [1.29, 1.82) is 0 Å². The smallest absolute Gasteiger partial charge is 0.117 e. The summed E-state index contributed by atoms with van der Waals surface area (Å²) in [5.41, 5.74) is 2.53. The average Bonchev–Trinajstić information content (AvgIpc) is 2.73. The molecule has 0 saturated carbocycles. The number of anilines is 1. The SMILES string of the molecule is CN1CCC(C2CNc3cc(O)ccc32)CC1. The number of benzene rings is 1. The van der Waals surface area contributed by atoms with Crippen LogP contribution in [0.1, 0.15) is 24.3 Å². The van der Waals surface area contributed by atoms with Gasteiger partial charge in [0.2, 0.25) is 0 Å². The van der Waals surface area contributed by atoms with Crippen molar-refractivity contribution < 1.29 is 5.11 Å². The minimum absolute atomic E-state index is 0.361. The predicted molar refractivity (Wildman–Crippen MR) is 69.6 cm³/mol. The van der Waals surface area contributed by atoms with Crippen LogP contribution in [0.4, 0.5) is 5.69 Å². The van der Waals surface area contributed by atoms with Gasteiger partial charge in [0.1, 0.15) is 5.75 Å². The molecule has 17 heavy (non-hydrogen) atoms. The third-order valence-electron chi connectivity index (χ3n) is 4.28. The highest BCUT2D eigenvalue weighted by Gasteiger charge is 2.31. The molecule has 1 aromatic rings. The topological polar surface area (TPSA) is 35.5 Å². The zero-order valence-electron chi connectivity index (χ0n) is 10.3. The van der Waals surface area contributed by atoms with Crippen molar-refractivity contribution in [3.8, 4) is 5.75 Å². The third kappa shape index (κ3) is 2.00. The fourth-order valence-electron chi connectivity index (χ4n) is 3.20. The van der Waals surface area contributed by atoms with Gasteiger partial charge < -0.3 is 15.3 Å². The van der Waals surface area contributed by atoms with Gasteiger partial charge in [-0.05, 0) is 50.5 Å². The van der Waals surface area contributed by atoms with Crippen LogP contribution < -0.4 is 5.32 Å². The van der Waals surface area contributed by atoms with Crippen LogP contribution in [0.15, 0.2) is 18.2 Å². The Morgan fingerprint density at radius 2 is 2.06 bits per heavy atom. The lowest BCUT2D eigenvalue weighted by Gasteiger charge is -2.32. The van der Waals surface area contributed by atoms with Crippen molar-refractivity contribution in [1.82, 2.24) is 4.90 Å². The molecule has 3 heteroatoms. The summed E-state index contributed by atoms with van der Waals surface area (Å²) in [5, 5.41) is 12.9. The molecule has 0 aromatic heterocycles. The Hall–Kier alpha value is -1.22. The minimum Gasteiger partial charge on any atom is -0.508 e. The summed E-state index contributed by atoms with van der Waals surface area (Å²) in [6.07, 6.45) is 2.59. The normalized spacial score (nSPS) is 25.6. The van der Waals surface area contributed by atoms with Crippen molar-refractivity contribution in [3.63, 3.8) is 0 Å². The first-order valence-corrected chi connectivity index (χ1v) is 6.49. The first kappa shape index (κ1) is 10.9. The molecule has 1 aromatic carbocycles. The number of piperidine rings is 1. The monoisotopic (exact) mass is 232 g/mol. The van der Waals surface area contributed by atoms with Crippen LogP contribution in [0.2, 0.25) is 0 Å². The third-order valence-corrected chi connectivity index (χ3v) is 4.28. The molecular formula is C14H20N2O. The lowest BCUT2D eigenvalue weighted by atomic mass is 9.81. The van der Waals surface area contributed by atoms with E-state index in [1.807, 2.05) is 12.1 Å². The molecule has 1 saturated heterocycles. The molecule has 3 nitrogen and oxygen atoms in total. The minimum atomic E-state index is 0.361. The summed E-state index contributed by atoms with van der Waals surface area (Å²) >= 11 is 0. The van der Waals surface area contributed by atoms with E-state index in [1.165, 1.54) is 31.5 Å². The highest BCUT2D eigenvalue weighted by molar-refractivity contribution is 5.60. The van der Waals surface area contributed by atoms with E-state index in [2.05, 4.69) is 23.3 Å². The summed E-state index contributed by atoms with van der Waals surface area (Å²) in [5.74, 6) is 1.80. The molecule has 1 unspecified atom stereocenters. The maximum Gasteiger partial charge on any atom is 0.117 e. The largest absolute Gasteiger partial charge is 0.508 e. The van der Waals surface area contributed by atoms with Gasteiger partial charge in [0.05, 0.1) is 0 Å². The number of phenolic OH excluding ortho intramolecular Hbond substituents is 1. The summed E-state index contributed by atoms with van der Waals surface area (Å²) in [7, 11) is 2.20. The maximum absolute atomic E-state index is 9.48. The van der Waals surface area contributed by atoms with Crippen LogP contribution in [-0.2, 0) is 0 Å². The van der Waals surface area contributed by atoms with Crippen molar-refractivity contribution in [2.45, 2.75) is 18.8 Å². The van der Waals surface area contributed by atoms with Crippen LogP contribution in [-0.4, -0.2) is 36.7 Å². The molecule has 2 aliphatic rings. The molecule has 2 heterocycles. The molecule has 0 aliphatic carbocycles. The average molecular weight is 232 g/mol. The van der Waals surface area contributed by atoms with E-state index in [0.29, 0.717) is 11.7 Å². The number of nitrogens with zero attached hydrogens (tertiary/aromatic N) is 1. The van der Waals surface area contributed by atoms with Crippen molar-refractivity contribution in [2.75, 3.05) is 32.0 Å². The first-order chi connectivity index (χ1) is 8.24. The molecule has 3 rings (SSSR count). The standard InChI is InChI=1S/C14H20N2O/c1-16-6-4-10(5-7-16)13-9-15-14-8-11(17)2-3-12(13)14/h2-3,8,10,13,15,17H,4-7,9H2,1H3. The number of aromatic hydroxyl groups is 1. The number of hydrogen-bond acceptors (Lipinski definition) is 3. The highest BCUT2D eigenvalue weighted by Crippen LogP contribution is 2.41. The van der Waals surface area contributed by atoms with E-state index in [1.54, 1.807) is 0 Å². The van der Waals surface area contributed by atoms with Gasteiger partial charge in [-0.2, -0.15) is 0 Å². The number of rotatable bonds is 1. The summed E-state index contributed by atoms with van der Waals surface area (Å²) in [6.45, 7) is 3.47. The lowest BCUT2D eigenvalue weighted by molar-refractivity contribution is 0.202. The van der Waals surface area contributed by atoms with Gasteiger partial charge in [-0.3, -0.25) is 0 Å². The second-order valence-electron chi connectivity index (χ2n) is 5.40. The van der Waals surface area contributed by atoms with E-state index in [4.69, 9.17) is 0 Å². The fraction of sp³-hybridized carbons (Fsp3) is 0.571. The Morgan fingerprint density at radius 1 is 1.29 bits per heavy atom. The number of fused-ring (bicyclic) bond motifs is 1. The predicted octanol–water partition coefficient (Wildman–Crippen LogP) is 2.24. The van der Waals surface area contributed by atoms with E-state index in [-0.39, 0.29) is 0 Å². The van der Waals surface area contributed by atoms with E-state index in [9.17, 15) is 5.11 Å². The summed E-state index contributed by atoms with van der Waals surface area (Å²) in [6, 6.07) is 5.76. The molecule has 2 aliphatic heterocycles. The van der Waals surface area contributed by atoms with Crippen LogP contribution in [0.5, 0.6) is 5.75 Å². The van der Waals surface area contributed by atoms with Gasteiger partial charge in [-0.1, -0.05) is 6.07 Å². The second kappa shape index (κ2) is 4.22. The molecule has 1 fully saturated rings. The Bertz CT molecular complexity index is 411.